The summed E-state index contributed by atoms with van der Waals surface area (Å²) in [4.78, 5) is 16.5. The predicted octanol–water partition coefficient (Wildman–Crippen LogP) is 2.55. The minimum atomic E-state index is 0.177. The Morgan fingerprint density at radius 3 is 3.00 bits per heavy atom. The highest BCUT2D eigenvalue weighted by atomic mass is 16.1. The molecule has 1 fully saturated rings. The lowest BCUT2D eigenvalue weighted by molar-refractivity contribution is -0.127. The highest BCUT2D eigenvalue weighted by Crippen LogP contribution is 2.49. The fourth-order valence-electron chi connectivity index (χ4n) is 3.68. The Morgan fingerprint density at radius 2 is 2.26 bits per heavy atom. The van der Waals surface area contributed by atoms with Crippen LogP contribution in [0.5, 0.6) is 0 Å². The van der Waals surface area contributed by atoms with Crippen molar-refractivity contribution in [3.8, 4) is 0 Å². The van der Waals surface area contributed by atoms with Gasteiger partial charge in [0.15, 0.2) is 0 Å². The first-order valence-corrected chi connectivity index (χ1v) is 7.14. The van der Waals surface area contributed by atoms with Crippen LogP contribution in [0, 0.1) is 23.7 Å². The number of nitrogens with zero attached hydrogens (tertiary/aromatic N) is 1. The Kier molecular flexibility index (Phi) is 3.36. The van der Waals surface area contributed by atoms with E-state index in [1.807, 2.05) is 12.1 Å². The normalized spacial score (nSPS) is 31.6. The highest BCUT2D eigenvalue weighted by Gasteiger charge is 2.46. The molecule has 100 valence electrons. The van der Waals surface area contributed by atoms with Gasteiger partial charge in [-0.1, -0.05) is 31.6 Å². The van der Waals surface area contributed by atoms with E-state index >= 15 is 0 Å². The van der Waals surface area contributed by atoms with E-state index in [0.29, 0.717) is 24.3 Å². The van der Waals surface area contributed by atoms with Crippen molar-refractivity contribution in [2.75, 3.05) is 0 Å². The van der Waals surface area contributed by atoms with Crippen LogP contribution in [0.3, 0.4) is 0 Å². The van der Waals surface area contributed by atoms with E-state index in [1.54, 1.807) is 12.4 Å². The van der Waals surface area contributed by atoms with Gasteiger partial charge in [0.05, 0.1) is 0 Å². The number of hydrogen-bond donors (Lipinski definition) is 1. The van der Waals surface area contributed by atoms with Gasteiger partial charge in [-0.15, -0.1) is 0 Å². The maximum absolute atomic E-state index is 12.4. The standard InChI is InChI=1S/C16H20N2O/c1-2-14-12-5-6-13(8-12)15(14)16(19)18-10-11-4-3-7-17-9-11/h3-7,9,12-15H,2,8,10H2,1H3,(H,18,19)/t12-,13+,14-,15-/m0/s1. The number of nitrogens with one attached hydrogen (secondary N) is 1. The average Bonchev–Trinajstić information content (AvgIpc) is 3.06. The summed E-state index contributed by atoms with van der Waals surface area (Å²) >= 11 is 0. The number of rotatable bonds is 4. The molecule has 1 aromatic heterocycles. The summed E-state index contributed by atoms with van der Waals surface area (Å²) in [7, 11) is 0. The third-order valence-electron chi connectivity index (χ3n) is 4.59. The number of carbonyl (C=O) groups is 1. The Morgan fingerprint density at radius 1 is 1.42 bits per heavy atom. The third-order valence-corrected chi connectivity index (χ3v) is 4.59. The Hall–Kier alpha value is -1.64. The predicted molar refractivity (Wildman–Crippen MR) is 74.1 cm³/mol. The zero-order chi connectivity index (χ0) is 13.2. The molecule has 0 spiro atoms. The smallest absolute Gasteiger partial charge is 0.224 e. The summed E-state index contributed by atoms with van der Waals surface area (Å²) in [5, 5.41) is 3.08. The second-order valence-corrected chi connectivity index (χ2v) is 5.63. The first-order chi connectivity index (χ1) is 9.29. The van der Waals surface area contributed by atoms with Gasteiger partial charge in [0.25, 0.3) is 0 Å². The molecule has 2 aliphatic carbocycles. The largest absolute Gasteiger partial charge is 0.352 e. The molecule has 0 aliphatic heterocycles. The van der Waals surface area contributed by atoms with Crippen molar-refractivity contribution in [2.24, 2.45) is 23.7 Å². The van der Waals surface area contributed by atoms with Gasteiger partial charge in [0, 0.05) is 24.9 Å². The number of pyridine rings is 1. The SMILES string of the molecule is CC[C@@H]1[C@@H](C(=O)NCc2cccnc2)[C@@H]2C=C[C@H]1C2. The van der Waals surface area contributed by atoms with Crippen molar-refractivity contribution in [3.63, 3.8) is 0 Å². The van der Waals surface area contributed by atoms with E-state index < -0.39 is 0 Å². The summed E-state index contributed by atoms with van der Waals surface area (Å²) in [5.41, 5.74) is 1.06. The van der Waals surface area contributed by atoms with E-state index in [1.165, 1.54) is 6.42 Å². The van der Waals surface area contributed by atoms with Crippen LogP contribution in [0.15, 0.2) is 36.7 Å². The van der Waals surface area contributed by atoms with Crippen molar-refractivity contribution < 1.29 is 4.79 Å². The molecule has 3 nitrogen and oxygen atoms in total. The van der Waals surface area contributed by atoms with Crippen molar-refractivity contribution in [1.82, 2.24) is 10.3 Å². The summed E-state index contributed by atoms with van der Waals surface area (Å²) in [6.07, 6.45) is 10.4. The quantitative estimate of drug-likeness (QED) is 0.841. The van der Waals surface area contributed by atoms with Crippen LogP contribution >= 0.6 is 0 Å². The summed E-state index contributed by atoms with van der Waals surface area (Å²) < 4.78 is 0. The van der Waals surface area contributed by atoms with Gasteiger partial charge < -0.3 is 5.32 Å². The third kappa shape index (κ3) is 2.29. The molecule has 1 aromatic rings. The molecule has 2 aliphatic rings. The number of fused-ring (bicyclic) bond motifs is 2. The number of amides is 1. The van der Waals surface area contributed by atoms with E-state index in [2.05, 4.69) is 29.4 Å². The second-order valence-electron chi connectivity index (χ2n) is 5.63. The first-order valence-electron chi connectivity index (χ1n) is 7.14. The monoisotopic (exact) mass is 256 g/mol. The molecule has 1 N–H and O–H groups in total. The number of carbonyl (C=O) groups excluding carboxylic acids is 1. The van der Waals surface area contributed by atoms with Crippen LogP contribution in [-0.4, -0.2) is 10.9 Å². The molecule has 19 heavy (non-hydrogen) atoms. The summed E-state index contributed by atoms with van der Waals surface area (Å²) in [6, 6.07) is 3.89. The van der Waals surface area contributed by atoms with Crippen molar-refractivity contribution in [2.45, 2.75) is 26.3 Å². The van der Waals surface area contributed by atoms with Gasteiger partial charge in [-0.25, -0.2) is 0 Å². The molecule has 3 heteroatoms. The zero-order valence-corrected chi connectivity index (χ0v) is 11.3. The highest BCUT2D eigenvalue weighted by molar-refractivity contribution is 5.80. The first kappa shape index (κ1) is 12.4. The number of aromatic nitrogens is 1. The van der Waals surface area contributed by atoms with Crippen LogP contribution in [0.25, 0.3) is 0 Å². The molecule has 0 aromatic carbocycles. The fraction of sp³-hybridized carbons (Fsp3) is 0.500. The molecule has 2 bridgehead atoms. The molecule has 4 atom stereocenters. The second kappa shape index (κ2) is 5.16. The van der Waals surface area contributed by atoms with Gasteiger partial charge in [-0.2, -0.15) is 0 Å². The van der Waals surface area contributed by atoms with Crippen LogP contribution in [-0.2, 0) is 11.3 Å². The molecule has 0 saturated heterocycles. The van der Waals surface area contributed by atoms with Crippen LogP contribution < -0.4 is 5.32 Å². The zero-order valence-electron chi connectivity index (χ0n) is 11.3. The van der Waals surface area contributed by atoms with Gasteiger partial charge in [0.2, 0.25) is 5.91 Å². The number of allylic oxidation sites excluding steroid dienone is 2. The Balaban J connectivity index is 1.63. The van der Waals surface area contributed by atoms with Crippen LogP contribution in [0.2, 0.25) is 0 Å². The van der Waals surface area contributed by atoms with E-state index in [4.69, 9.17) is 0 Å². The van der Waals surface area contributed by atoms with Crippen molar-refractivity contribution >= 4 is 5.91 Å². The van der Waals surface area contributed by atoms with Crippen LogP contribution in [0.4, 0.5) is 0 Å². The lowest BCUT2D eigenvalue weighted by Crippen LogP contribution is -2.36. The minimum absolute atomic E-state index is 0.177. The lowest BCUT2D eigenvalue weighted by atomic mass is 9.81. The molecular weight excluding hydrogens is 236 g/mol. The molecule has 1 heterocycles. The fourth-order valence-corrected chi connectivity index (χ4v) is 3.68. The van der Waals surface area contributed by atoms with Gasteiger partial charge in [-0.3, -0.25) is 9.78 Å². The van der Waals surface area contributed by atoms with E-state index in [0.717, 1.165) is 12.0 Å². The maximum atomic E-state index is 12.4. The van der Waals surface area contributed by atoms with Gasteiger partial charge >= 0.3 is 0 Å². The Labute approximate surface area is 114 Å². The molecule has 0 radical (unpaired) electrons. The van der Waals surface area contributed by atoms with Crippen LogP contribution in [0.1, 0.15) is 25.3 Å². The van der Waals surface area contributed by atoms with E-state index in [-0.39, 0.29) is 11.8 Å². The average molecular weight is 256 g/mol. The van der Waals surface area contributed by atoms with Crippen molar-refractivity contribution in [1.29, 1.82) is 0 Å². The maximum Gasteiger partial charge on any atom is 0.224 e. The topological polar surface area (TPSA) is 42.0 Å². The number of hydrogen-bond acceptors (Lipinski definition) is 2. The summed E-state index contributed by atoms with van der Waals surface area (Å²) in [5.74, 6) is 2.01. The van der Waals surface area contributed by atoms with Gasteiger partial charge in [0.1, 0.15) is 0 Å². The lowest BCUT2D eigenvalue weighted by Gasteiger charge is -2.26. The Bertz CT molecular complexity index is 483. The van der Waals surface area contributed by atoms with Gasteiger partial charge in [-0.05, 0) is 35.8 Å². The molecule has 3 rings (SSSR count). The minimum Gasteiger partial charge on any atom is -0.352 e. The van der Waals surface area contributed by atoms with E-state index in [9.17, 15) is 4.79 Å². The molecular formula is C16H20N2O. The summed E-state index contributed by atoms with van der Waals surface area (Å²) in [6.45, 7) is 2.78. The van der Waals surface area contributed by atoms with Crippen molar-refractivity contribution in [3.05, 3.63) is 42.2 Å². The molecule has 0 unspecified atom stereocenters. The molecule has 1 saturated carbocycles. The molecule has 1 amide bonds.